The first-order chi connectivity index (χ1) is 9.07. The summed E-state index contributed by atoms with van der Waals surface area (Å²) in [4.78, 5) is 0. The van der Waals surface area contributed by atoms with Gasteiger partial charge in [-0.3, -0.25) is 0 Å². The predicted octanol–water partition coefficient (Wildman–Crippen LogP) is 3.16. The van der Waals surface area contributed by atoms with Crippen LogP contribution in [0, 0.1) is 5.41 Å². The van der Waals surface area contributed by atoms with Crippen molar-refractivity contribution < 1.29 is 4.74 Å². The van der Waals surface area contributed by atoms with Crippen LogP contribution in [0.5, 0.6) is 5.75 Å². The van der Waals surface area contributed by atoms with E-state index in [2.05, 4.69) is 37.4 Å². The van der Waals surface area contributed by atoms with Crippen molar-refractivity contribution in [2.24, 2.45) is 5.41 Å². The predicted molar refractivity (Wildman–Crippen MR) is 79.2 cm³/mol. The van der Waals surface area contributed by atoms with E-state index >= 15 is 0 Å². The van der Waals surface area contributed by atoms with Gasteiger partial charge in [0.2, 0.25) is 0 Å². The van der Waals surface area contributed by atoms with Crippen LogP contribution < -0.4 is 10.1 Å². The molecule has 2 nitrogen and oxygen atoms in total. The second-order valence-corrected chi connectivity index (χ2v) is 6.85. The van der Waals surface area contributed by atoms with Crippen LogP contribution in [0.4, 0.5) is 0 Å². The zero-order valence-corrected chi connectivity index (χ0v) is 12.5. The first kappa shape index (κ1) is 13.3. The van der Waals surface area contributed by atoms with E-state index in [-0.39, 0.29) is 5.41 Å². The Balaban J connectivity index is 1.51. The van der Waals surface area contributed by atoms with E-state index in [1.165, 1.54) is 11.1 Å². The molecule has 1 aliphatic heterocycles. The summed E-state index contributed by atoms with van der Waals surface area (Å²) < 4.78 is 5.53. The van der Waals surface area contributed by atoms with Crippen LogP contribution in [0.3, 0.4) is 0 Å². The Bertz CT molecular complexity index is 472. The summed E-state index contributed by atoms with van der Waals surface area (Å²) in [5.41, 5.74) is 2.99. The lowest BCUT2D eigenvalue weighted by molar-refractivity contribution is 0.118. The molecule has 3 rings (SSSR count). The monoisotopic (exact) mass is 279 g/mol. The van der Waals surface area contributed by atoms with E-state index in [0.717, 1.165) is 38.2 Å². The fourth-order valence-corrected chi connectivity index (χ4v) is 3.34. The van der Waals surface area contributed by atoms with Gasteiger partial charge in [-0.05, 0) is 42.0 Å². The minimum absolute atomic E-state index is 0.229. The van der Waals surface area contributed by atoms with Crippen LogP contribution >= 0.6 is 11.6 Å². The summed E-state index contributed by atoms with van der Waals surface area (Å²) in [6.45, 7) is 6.36. The average molecular weight is 280 g/mol. The first-order valence-electron chi connectivity index (χ1n) is 7.19. The third kappa shape index (κ3) is 2.48. The molecular weight excluding hydrogens is 258 g/mol. The molecule has 1 N–H and O–H groups in total. The lowest BCUT2D eigenvalue weighted by Gasteiger charge is -2.49. The number of hydrogen-bond acceptors (Lipinski definition) is 2. The number of benzene rings is 1. The van der Waals surface area contributed by atoms with Crippen molar-refractivity contribution >= 4 is 11.6 Å². The van der Waals surface area contributed by atoms with E-state index in [4.69, 9.17) is 16.3 Å². The number of alkyl halides is 1. The van der Waals surface area contributed by atoms with Gasteiger partial charge in [0, 0.05) is 17.8 Å². The maximum atomic E-state index is 6.24. The van der Waals surface area contributed by atoms with Crippen LogP contribution in [-0.2, 0) is 12.8 Å². The standard InChI is InChI=1S/C16H22ClNO/c1-16(2)14(17)10-15(16)18-7-5-11-3-4-13-12(9-11)6-8-19-13/h3-4,9,14-15,18H,5-8,10H2,1-2H3. The molecule has 0 amide bonds. The van der Waals surface area contributed by atoms with Crippen molar-refractivity contribution in [3.63, 3.8) is 0 Å². The lowest BCUT2D eigenvalue weighted by Crippen LogP contribution is -2.58. The summed E-state index contributed by atoms with van der Waals surface area (Å²) >= 11 is 6.24. The van der Waals surface area contributed by atoms with E-state index in [1.807, 2.05) is 0 Å². The van der Waals surface area contributed by atoms with Crippen LogP contribution in [0.1, 0.15) is 31.4 Å². The van der Waals surface area contributed by atoms with Gasteiger partial charge < -0.3 is 10.1 Å². The summed E-state index contributed by atoms with van der Waals surface area (Å²) in [6, 6.07) is 7.15. The largest absolute Gasteiger partial charge is 0.493 e. The highest BCUT2D eigenvalue weighted by Crippen LogP contribution is 2.44. The topological polar surface area (TPSA) is 21.3 Å². The van der Waals surface area contributed by atoms with E-state index in [9.17, 15) is 0 Å². The number of fused-ring (bicyclic) bond motifs is 1. The number of ether oxygens (including phenoxy) is 1. The Morgan fingerprint density at radius 1 is 1.42 bits per heavy atom. The molecule has 2 aliphatic rings. The van der Waals surface area contributed by atoms with Crippen LogP contribution in [0.2, 0.25) is 0 Å². The van der Waals surface area contributed by atoms with Crippen LogP contribution in [0.15, 0.2) is 18.2 Å². The summed E-state index contributed by atoms with van der Waals surface area (Å²) in [7, 11) is 0. The van der Waals surface area contributed by atoms with Crippen LogP contribution in [0.25, 0.3) is 0 Å². The van der Waals surface area contributed by atoms with Gasteiger partial charge in [0.05, 0.1) is 6.61 Å². The molecule has 1 saturated carbocycles. The number of nitrogens with one attached hydrogen (secondary N) is 1. The molecule has 0 saturated heterocycles. The maximum absolute atomic E-state index is 6.24. The molecule has 104 valence electrons. The molecule has 0 bridgehead atoms. The van der Waals surface area contributed by atoms with Gasteiger partial charge in [0.25, 0.3) is 0 Å². The SMILES string of the molecule is CC1(C)C(Cl)CC1NCCc1ccc2c(c1)CCO2. The summed E-state index contributed by atoms with van der Waals surface area (Å²) in [6.07, 6.45) is 3.22. The number of hydrogen-bond donors (Lipinski definition) is 1. The van der Waals surface area contributed by atoms with Crippen molar-refractivity contribution in [3.05, 3.63) is 29.3 Å². The summed E-state index contributed by atoms with van der Waals surface area (Å²) in [5, 5.41) is 3.96. The Kier molecular flexibility index (Phi) is 3.48. The Labute approximate surface area is 120 Å². The normalized spacial score (nSPS) is 27.5. The lowest BCUT2D eigenvalue weighted by atomic mass is 9.67. The zero-order valence-electron chi connectivity index (χ0n) is 11.7. The fourth-order valence-electron chi connectivity index (χ4n) is 3.00. The van der Waals surface area contributed by atoms with Gasteiger partial charge in [0.15, 0.2) is 0 Å². The minimum atomic E-state index is 0.229. The van der Waals surface area contributed by atoms with Gasteiger partial charge in [-0.15, -0.1) is 11.6 Å². The van der Waals surface area contributed by atoms with Crippen molar-refractivity contribution in [2.45, 2.75) is 44.5 Å². The quantitative estimate of drug-likeness (QED) is 0.855. The zero-order chi connectivity index (χ0) is 13.5. The Hall–Kier alpha value is -0.730. The highest BCUT2D eigenvalue weighted by atomic mass is 35.5. The molecule has 0 aromatic heterocycles. The molecule has 19 heavy (non-hydrogen) atoms. The molecule has 1 fully saturated rings. The molecule has 0 radical (unpaired) electrons. The molecule has 2 unspecified atom stereocenters. The smallest absolute Gasteiger partial charge is 0.122 e. The molecule has 3 heteroatoms. The third-order valence-electron chi connectivity index (χ3n) is 4.71. The van der Waals surface area contributed by atoms with Crippen molar-refractivity contribution in [1.29, 1.82) is 0 Å². The highest BCUT2D eigenvalue weighted by molar-refractivity contribution is 6.21. The Morgan fingerprint density at radius 3 is 3.00 bits per heavy atom. The third-order valence-corrected chi connectivity index (χ3v) is 5.45. The average Bonchev–Trinajstić information content (AvgIpc) is 2.85. The Morgan fingerprint density at radius 2 is 2.26 bits per heavy atom. The molecule has 1 aromatic carbocycles. The fraction of sp³-hybridized carbons (Fsp3) is 0.625. The molecule has 0 spiro atoms. The summed E-state index contributed by atoms with van der Waals surface area (Å²) in [5.74, 6) is 1.07. The van der Waals surface area contributed by atoms with Gasteiger partial charge in [-0.1, -0.05) is 26.0 Å². The van der Waals surface area contributed by atoms with Gasteiger partial charge in [-0.25, -0.2) is 0 Å². The molecule has 1 heterocycles. The van der Waals surface area contributed by atoms with E-state index in [1.54, 1.807) is 0 Å². The maximum Gasteiger partial charge on any atom is 0.122 e. The van der Waals surface area contributed by atoms with Crippen molar-refractivity contribution in [1.82, 2.24) is 5.32 Å². The van der Waals surface area contributed by atoms with Gasteiger partial charge in [-0.2, -0.15) is 0 Å². The second kappa shape index (κ2) is 4.99. The molecule has 1 aromatic rings. The molecule has 1 aliphatic carbocycles. The van der Waals surface area contributed by atoms with Gasteiger partial charge in [0.1, 0.15) is 5.75 Å². The minimum Gasteiger partial charge on any atom is -0.493 e. The van der Waals surface area contributed by atoms with Gasteiger partial charge >= 0.3 is 0 Å². The molecule has 2 atom stereocenters. The second-order valence-electron chi connectivity index (χ2n) is 6.32. The van der Waals surface area contributed by atoms with Crippen molar-refractivity contribution in [3.8, 4) is 5.75 Å². The highest BCUT2D eigenvalue weighted by Gasteiger charge is 2.46. The van der Waals surface area contributed by atoms with Crippen molar-refractivity contribution in [2.75, 3.05) is 13.2 Å². The van der Waals surface area contributed by atoms with E-state index in [0.29, 0.717) is 11.4 Å². The number of halogens is 1. The van der Waals surface area contributed by atoms with Crippen LogP contribution in [-0.4, -0.2) is 24.6 Å². The number of rotatable bonds is 4. The molecular formula is C16H22ClNO. The first-order valence-corrected chi connectivity index (χ1v) is 7.63. The van der Waals surface area contributed by atoms with E-state index < -0.39 is 0 Å².